The predicted molar refractivity (Wildman–Crippen MR) is 161 cm³/mol. The Morgan fingerprint density at radius 3 is 1.46 bits per heavy atom. The number of amides is 5. The standard InChI is InChI=1S/C30H49N5O11/c1-16(32-27(39)22-19(11-8-14-44-22)35-29(41)46-30(3,4)5)24(36)33-18-10-7-13-43-21(18)26(38)31-17(2)25(37)34-20-12-9-15-45-23(20)28(40)42-6/h16-23H,7-15H2,1-6H3,(H,31,38)(H,32,39)(H,33,36)(H,34,37)(H,35,41)/t16-,17-,18+,19+,20+,21+,22+,23+/m1/s1. The summed E-state index contributed by atoms with van der Waals surface area (Å²) in [6.07, 6.45) is -0.431. The monoisotopic (exact) mass is 655 g/mol. The van der Waals surface area contributed by atoms with E-state index in [-0.39, 0.29) is 6.61 Å². The van der Waals surface area contributed by atoms with Gasteiger partial charge in [-0.2, -0.15) is 0 Å². The van der Waals surface area contributed by atoms with Crippen LogP contribution in [-0.2, 0) is 47.7 Å². The van der Waals surface area contributed by atoms with Crippen molar-refractivity contribution in [3.8, 4) is 0 Å². The summed E-state index contributed by atoms with van der Waals surface area (Å²) in [6.45, 7) is 9.15. The van der Waals surface area contributed by atoms with Crippen LogP contribution in [0.1, 0.15) is 73.1 Å². The van der Waals surface area contributed by atoms with Gasteiger partial charge in [-0.1, -0.05) is 0 Å². The maximum Gasteiger partial charge on any atom is 0.407 e. The summed E-state index contributed by atoms with van der Waals surface area (Å²) in [6, 6.07) is -3.96. The molecule has 0 spiro atoms. The lowest BCUT2D eigenvalue weighted by Gasteiger charge is -2.34. The number of rotatable bonds is 10. The number of carbonyl (C=O) groups excluding carboxylic acids is 6. The largest absolute Gasteiger partial charge is 0.467 e. The van der Waals surface area contributed by atoms with Crippen LogP contribution in [0, 0.1) is 0 Å². The fourth-order valence-electron chi connectivity index (χ4n) is 5.45. The normalized spacial score (nSPS) is 28.0. The minimum Gasteiger partial charge on any atom is -0.467 e. The van der Waals surface area contributed by atoms with Crippen LogP contribution >= 0.6 is 0 Å². The second kappa shape index (κ2) is 16.9. The van der Waals surface area contributed by atoms with Crippen molar-refractivity contribution in [3.05, 3.63) is 0 Å². The molecule has 0 radical (unpaired) electrons. The molecule has 0 saturated carbocycles. The molecular formula is C30H49N5O11. The van der Waals surface area contributed by atoms with Crippen molar-refractivity contribution in [2.45, 2.75) is 127 Å². The van der Waals surface area contributed by atoms with Crippen molar-refractivity contribution < 1.29 is 52.5 Å². The van der Waals surface area contributed by atoms with Crippen LogP contribution < -0.4 is 26.6 Å². The predicted octanol–water partition coefficient (Wildman–Crippen LogP) is -0.431. The number of ether oxygens (including phenoxy) is 5. The Kier molecular flexibility index (Phi) is 13.6. The lowest BCUT2D eigenvalue weighted by molar-refractivity contribution is -0.160. The van der Waals surface area contributed by atoms with Gasteiger partial charge in [0.15, 0.2) is 18.3 Å². The second-order valence-electron chi connectivity index (χ2n) is 12.8. The zero-order valence-electron chi connectivity index (χ0n) is 27.5. The zero-order chi connectivity index (χ0) is 34.0. The van der Waals surface area contributed by atoms with Crippen molar-refractivity contribution in [3.63, 3.8) is 0 Å². The molecule has 0 aliphatic carbocycles. The third kappa shape index (κ3) is 10.8. The van der Waals surface area contributed by atoms with Gasteiger partial charge >= 0.3 is 12.1 Å². The molecule has 0 aromatic rings. The first-order valence-corrected chi connectivity index (χ1v) is 15.8. The Labute approximate surface area is 269 Å². The lowest BCUT2D eigenvalue weighted by atomic mass is 10.00. The molecule has 5 amide bonds. The van der Waals surface area contributed by atoms with E-state index in [0.717, 1.165) is 0 Å². The van der Waals surface area contributed by atoms with E-state index in [1.54, 1.807) is 20.8 Å². The van der Waals surface area contributed by atoms with E-state index in [0.29, 0.717) is 51.7 Å². The maximum atomic E-state index is 13.2. The minimum atomic E-state index is -1.08. The first kappa shape index (κ1) is 37.0. The number of hydrogen-bond donors (Lipinski definition) is 5. The summed E-state index contributed by atoms with van der Waals surface area (Å²) < 4.78 is 26.9. The van der Waals surface area contributed by atoms with Gasteiger partial charge in [0.1, 0.15) is 17.7 Å². The van der Waals surface area contributed by atoms with Gasteiger partial charge in [0.2, 0.25) is 11.8 Å². The van der Waals surface area contributed by atoms with E-state index in [1.807, 2.05) is 0 Å². The smallest absolute Gasteiger partial charge is 0.407 e. The Bertz CT molecular complexity index is 1110. The molecule has 3 fully saturated rings. The van der Waals surface area contributed by atoms with E-state index in [1.165, 1.54) is 21.0 Å². The average Bonchev–Trinajstić information content (AvgIpc) is 3.00. The molecule has 46 heavy (non-hydrogen) atoms. The fraction of sp³-hybridized carbons (Fsp3) is 0.800. The van der Waals surface area contributed by atoms with E-state index >= 15 is 0 Å². The first-order valence-electron chi connectivity index (χ1n) is 15.8. The Morgan fingerprint density at radius 2 is 1.04 bits per heavy atom. The van der Waals surface area contributed by atoms with Crippen molar-refractivity contribution >= 4 is 35.7 Å². The molecule has 16 nitrogen and oxygen atoms in total. The summed E-state index contributed by atoms with van der Waals surface area (Å²) in [4.78, 5) is 76.6. The van der Waals surface area contributed by atoms with Gasteiger partial charge in [0.25, 0.3) is 11.8 Å². The van der Waals surface area contributed by atoms with Crippen molar-refractivity contribution in [1.29, 1.82) is 0 Å². The van der Waals surface area contributed by atoms with E-state index in [4.69, 9.17) is 23.7 Å². The topological polar surface area (TPSA) is 209 Å². The van der Waals surface area contributed by atoms with Gasteiger partial charge in [-0.25, -0.2) is 9.59 Å². The zero-order valence-corrected chi connectivity index (χ0v) is 27.5. The average molecular weight is 656 g/mol. The van der Waals surface area contributed by atoms with Gasteiger partial charge in [-0.3, -0.25) is 19.2 Å². The van der Waals surface area contributed by atoms with Gasteiger partial charge in [-0.05, 0) is 73.1 Å². The molecule has 5 N–H and O–H groups in total. The molecule has 3 rings (SSSR count). The minimum absolute atomic E-state index is 0.280. The molecule has 0 aromatic carbocycles. The number of methoxy groups -OCH3 is 1. The Hall–Kier alpha value is -3.50. The Morgan fingerprint density at radius 1 is 0.652 bits per heavy atom. The Balaban J connectivity index is 1.53. The van der Waals surface area contributed by atoms with Crippen molar-refractivity contribution in [1.82, 2.24) is 26.6 Å². The van der Waals surface area contributed by atoms with Crippen LogP contribution in [0.5, 0.6) is 0 Å². The highest BCUT2D eigenvalue weighted by molar-refractivity contribution is 5.92. The number of alkyl carbamates (subject to hydrolysis) is 1. The molecule has 0 unspecified atom stereocenters. The lowest BCUT2D eigenvalue weighted by Crippen LogP contribution is -2.61. The molecule has 0 aromatic heterocycles. The number of carbonyl (C=O) groups is 6. The summed E-state index contributed by atoms with van der Waals surface area (Å²) in [5.41, 5.74) is -0.717. The van der Waals surface area contributed by atoms with Crippen molar-refractivity contribution in [2.24, 2.45) is 0 Å². The summed E-state index contributed by atoms with van der Waals surface area (Å²) >= 11 is 0. The van der Waals surface area contributed by atoms with Crippen LogP contribution in [0.25, 0.3) is 0 Å². The molecule has 3 saturated heterocycles. The number of nitrogens with one attached hydrogen (secondary N) is 5. The van der Waals surface area contributed by atoms with E-state index in [2.05, 4.69) is 26.6 Å². The summed E-state index contributed by atoms with van der Waals surface area (Å²) in [7, 11) is 1.24. The van der Waals surface area contributed by atoms with E-state index < -0.39 is 89.8 Å². The maximum absolute atomic E-state index is 13.2. The van der Waals surface area contributed by atoms with Crippen LogP contribution in [0.3, 0.4) is 0 Å². The number of esters is 1. The van der Waals surface area contributed by atoms with Crippen molar-refractivity contribution in [2.75, 3.05) is 26.9 Å². The molecule has 0 bridgehead atoms. The molecule has 3 heterocycles. The van der Waals surface area contributed by atoms with E-state index in [9.17, 15) is 28.8 Å². The van der Waals surface area contributed by atoms with Gasteiger partial charge < -0.3 is 50.3 Å². The highest BCUT2D eigenvalue weighted by Gasteiger charge is 2.39. The molecule has 16 heteroatoms. The summed E-state index contributed by atoms with van der Waals surface area (Å²) in [5.74, 6) is -2.83. The van der Waals surface area contributed by atoms with Gasteiger partial charge in [0.05, 0.1) is 25.2 Å². The fourth-order valence-corrected chi connectivity index (χ4v) is 5.45. The number of hydrogen-bond acceptors (Lipinski definition) is 11. The molecular weight excluding hydrogens is 606 g/mol. The molecule has 3 aliphatic heterocycles. The highest BCUT2D eigenvalue weighted by Crippen LogP contribution is 2.18. The quantitative estimate of drug-likeness (QED) is 0.191. The third-order valence-corrected chi connectivity index (χ3v) is 7.78. The van der Waals surface area contributed by atoms with Crippen LogP contribution in [-0.4, -0.2) is 117 Å². The highest BCUT2D eigenvalue weighted by atomic mass is 16.6. The summed E-state index contributed by atoms with van der Waals surface area (Å²) in [5, 5.41) is 13.5. The van der Waals surface area contributed by atoms with Crippen LogP contribution in [0.2, 0.25) is 0 Å². The van der Waals surface area contributed by atoms with Gasteiger partial charge in [0, 0.05) is 19.8 Å². The second-order valence-corrected chi connectivity index (χ2v) is 12.8. The van der Waals surface area contributed by atoms with Crippen LogP contribution in [0.15, 0.2) is 0 Å². The molecule has 3 aliphatic rings. The van der Waals surface area contributed by atoms with Gasteiger partial charge in [-0.15, -0.1) is 0 Å². The molecule has 260 valence electrons. The first-order chi connectivity index (χ1) is 21.7. The molecule has 8 atom stereocenters. The third-order valence-electron chi connectivity index (χ3n) is 7.78. The van der Waals surface area contributed by atoms with Crippen LogP contribution in [0.4, 0.5) is 4.79 Å². The SMILES string of the molecule is COC(=O)[C@H]1OCCC[C@@H]1NC(=O)[C@@H](C)NC(=O)[C@H]1OCCC[C@@H]1NC(=O)[C@@H](C)NC(=O)[C@H]1OCCC[C@@H]1NC(=O)OC(C)(C)C.